The molecule has 0 radical (unpaired) electrons. The predicted octanol–water partition coefficient (Wildman–Crippen LogP) is 0.952. The fourth-order valence-electron chi connectivity index (χ4n) is 2.49. The molecule has 0 saturated heterocycles. The van der Waals surface area contributed by atoms with Gasteiger partial charge in [-0.15, -0.1) is 0 Å². The summed E-state index contributed by atoms with van der Waals surface area (Å²) in [6.45, 7) is 4.07. The van der Waals surface area contributed by atoms with Crippen LogP contribution in [0.15, 0.2) is 36.7 Å². The molecule has 0 aliphatic heterocycles. The molecule has 2 aromatic heterocycles. The highest BCUT2D eigenvalue weighted by Gasteiger charge is 2.06. The Labute approximate surface area is 188 Å². The van der Waals surface area contributed by atoms with E-state index in [1.807, 2.05) is 12.1 Å². The molecule has 2 aromatic rings. The molecule has 2 rings (SSSR count). The second-order valence-electron chi connectivity index (χ2n) is 6.35. The molecular formula is C22H32N2O8. The molecule has 0 fully saturated rings. The summed E-state index contributed by atoms with van der Waals surface area (Å²) in [5.74, 6) is 1.33. The van der Waals surface area contributed by atoms with Crippen molar-refractivity contribution in [2.24, 2.45) is 0 Å². The number of rotatable bonds is 19. The number of aliphatic hydroxyl groups excluding tert-OH is 2. The Hall–Kier alpha value is -2.34. The number of ether oxygens (including phenoxy) is 6. The minimum Gasteiger partial charge on any atom is -0.491 e. The Bertz CT molecular complexity index is 673. The second kappa shape index (κ2) is 17.2. The Kier molecular flexibility index (Phi) is 14.0. The molecule has 10 heteroatoms. The van der Waals surface area contributed by atoms with Gasteiger partial charge in [0.05, 0.1) is 77.5 Å². The van der Waals surface area contributed by atoms with Gasteiger partial charge in [0.1, 0.15) is 24.7 Å². The Morgan fingerprint density at radius 1 is 0.531 bits per heavy atom. The van der Waals surface area contributed by atoms with Gasteiger partial charge in [-0.05, 0) is 12.1 Å². The van der Waals surface area contributed by atoms with Crippen LogP contribution in [0.1, 0.15) is 0 Å². The maximum atomic E-state index is 8.62. The minimum absolute atomic E-state index is 0.00830. The van der Waals surface area contributed by atoms with Gasteiger partial charge in [-0.2, -0.15) is 0 Å². The molecule has 0 unspecified atom stereocenters. The molecule has 178 valence electrons. The van der Waals surface area contributed by atoms with Gasteiger partial charge in [0.15, 0.2) is 0 Å². The van der Waals surface area contributed by atoms with Crippen LogP contribution in [-0.4, -0.2) is 99.5 Å². The lowest BCUT2D eigenvalue weighted by Crippen LogP contribution is -2.12. The summed E-state index contributed by atoms with van der Waals surface area (Å²) in [5.41, 5.74) is 1.34. The summed E-state index contributed by atoms with van der Waals surface area (Å²) in [5, 5.41) is 17.2. The number of hydrogen-bond acceptors (Lipinski definition) is 10. The van der Waals surface area contributed by atoms with E-state index >= 15 is 0 Å². The molecule has 0 saturated carbocycles. The molecular weight excluding hydrogens is 420 g/mol. The van der Waals surface area contributed by atoms with Crippen molar-refractivity contribution < 1.29 is 38.6 Å². The molecule has 0 aliphatic rings. The topological polar surface area (TPSA) is 122 Å². The summed E-state index contributed by atoms with van der Waals surface area (Å²) in [6, 6.07) is 7.17. The quantitative estimate of drug-likeness (QED) is 0.298. The monoisotopic (exact) mass is 452 g/mol. The number of aliphatic hydroxyl groups is 2. The van der Waals surface area contributed by atoms with Crippen LogP contribution in [0, 0.1) is 0 Å². The van der Waals surface area contributed by atoms with Crippen molar-refractivity contribution in [1.82, 2.24) is 9.97 Å². The number of hydrogen-bond donors (Lipinski definition) is 2. The van der Waals surface area contributed by atoms with E-state index in [1.54, 1.807) is 24.5 Å². The fraction of sp³-hybridized carbons (Fsp3) is 0.545. The van der Waals surface area contributed by atoms with E-state index in [1.165, 1.54) is 0 Å². The molecule has 2 heterocycles. The second-order valence-corrected chi connectivity index (χ2v) is 6.35. The van der Waals surface area contributed by atoms with Crippen molar-refractivity contribution in [3.63, 3.8) is 0 Å². The van der Waals surface area contributed by atoms with E-state index in [2.05, 4.69) is 9.97 Å². The van der Waals surface area contributed by atoms with Crippen LogP contribution >= 0.6 is 0 Å². The summed E-state index contributed by atoms with van der Waals surface area (Å²) in [4.78, 5) is 8.72. The summed E-state index contributed by atoms with van der Waals surface area (Å²) in [6.07, 6.45) is 3.33. The normalized spacial score (nSPS) is 10.9. The van der Waals surface area contributed by atoms with E-state index in [9.17, 15) is 0 Å². The van der Waals surface area contributed by atoms with Crippen molar-refractivity contribution in [3.8, 4) is 22.9 Å². The van der Waals surface area contributed by atoms with E-state index in [4.69, 9.17) is 38.6 Å². The Balaban J connectivity index is 1.70. The lowest BCUT2D eigenvalue weighted by molar-refractivity contribution is 0.0247. The van der Waals surface area contributed by atoms with Gasteiger partial charge < -0.3 is 38.6 Å². The first kappa shape index (κ1) is 25.9. The van der Waals surface area contributed by atoms with Gasteiger partial charge in [0.25, 0.3) is 0 Å². The Morgan fingerprint density at radius 2 is 0.906 bits per heavy atom. The van der Waals surface area contributed by atoms with E-state index < -0.39 is 0 Å². The first-order chi connectivity index (χ1) is 15.8. The van der Waals surface area contributed by atoms with E-state index in [0.29, 0.717) is 89.0 Å². The SMILES string of the molecule is OCCOCCOCCOc1ccnc(-c2cc(OCCOCCOCCO)ccn2)c1. The van der Waals surface area contributed by atoms with Gasteiger partial charge in [-0.3, -0.25) is 9.97 Å². The molecule has 0 aliphatic carbocycles. The van der Waals surface area contributed by atoms with Gasteiger partial charge in [0, 0.05) is 24.5 Å². The van der Waals surface area contributed by atoms with Crippen molar-refractivity contribution in [2.75, 3.05) is 79.3 Å². The van der Waals surface area contributed by atoms with Gasteiger partial charge in [-0.25, -0.2) is 0 Å². The van der Waals surface area contributed by atoms with Crippen molar-refractivity contribution in [1.29, 1.82) is 0 Å². The van der Waals surface area contributed by atoms with Crippen LogP contribution in [0.25, 0.3) is 11.4 Å². The molecule has 0 bridgehead atoms. The van der Waals surface area contributed by atoms with Crippen LogP contribution in [0.3, 0.4) is 0 Å². The highest BCUT2D eigenvalue weighted by Crippen LogP contribution is 2.23. The number of pyridine rings is 2. The largest absolute Gasteiger partial charge is 0.491 e. The average molecular weight is 453 g/mol. The Morgan fingerprint density at radius 3 is 1.31 bits per heavy atom. The van der Waals surface area contributed by atoms with E-state index in [0.717, 1.165) is 0 Å². The lowest BCUT2D eigenvalue weighted by Gasteiger charge is -2.10. The lowest BCUT2D eigenvalue weighted by atomic mass is 10.2. The summed E-state index contributed by atoms with van der Waals surface area (Å²) >= 11 is 0. The molecule has 0 atom stereocenters. The summed E-state index contributed by atoms with van der Waals surface area (Å²) < 4.78 is 32.5. The standard InChI is InChI=1S/C22H32N2O8/c25-5-7-27-9-11-29-13-15-31-19-1-3-23-21(17-19)22-18-20(2-4-24-22)32-16-14-30-12-10-28-8-6-26/h1-4,17-18,25-26H,5-16H2. The van der Waals surface area contributed by atoms with Crippen molar-refractivity contribution >= 4 is 0 Å². The van der Waals surface area contributed by atoms with Crippen LogP contribution in [0.5, 0.6) is 11.5 Å². The zero-order chi connectivity index (χ0) is 22.7. The fourth-order valence-corrected chi connectivity index (χ4v) is 2.49. The van der Waals surface area contributed by atoms with Crippen LogP contribution in [0.4, 0.5) is 0 Å². The van der Waals surface area contributed by atoms with Crippen molar-refractivity contribution in [3.05, 3.63) is 36.7 Å². The molecule has 0 amide bonds. The number of nitrogens with zero attached hydrogens (tertiary/aromatic N) is 2. The van der Waals surface area contributed by atoms with Crippen LogP contribution in [0.2, 0.25) is 0 Å². The minimum atomic E-state index is 0.00830. The summed E-state index contributed by atoms with van der Waals surface area (Å²) in [7, 11) is 0. The van der Waals surface area contributed by atoms with Crippen LogP contribution < -0.4 is 9.47 Å². The molecule has 0 spiro atoms. The maximum absolute atomic E-state index is 8.62. The highest BCUT2D eigenvalue weighted by atomic mass is 16.6. The zero-order valence-electron chi connectivity index (χ0n) is 18.2. The smallest absolute Gasteiger partial charge is 0.123 e. The van der Waals surface area contributed by atoms with Crippen molar-refractivity contribution in [2.45, 2.75) is 0 Å². The molecule has 0 aromatic carbocycles. The zero-order valence-corrected chi connectivity index (χ0v) is 18.2. The third-order valence-electron chi connectivity index (χ3n) is 3.93. The molecule has 32 heavy (non-hydrogen) atoms. The molecule has 2 N–H and O–H groups in total. The predicted molar refractivity (Wildman–Crippen MR) is 116 cm³/mol. The molecule has 10 nitrogen and oxygen atoms in total. The first-order valence-electron chi connectivity index (χ1n) is 10.5. The van der Waals surface area contributed by atoms with E-state index in [-0.39, 0.29) is 13.2 Å². The van der Waals surface area contributed by atoms with Gasteiger partial charge in [0.2, 0.25) is 0 Å². The van der Waals surface area contributed by atoms with Gasteiger partial charge in [-0.1, -0.05) is 0 Å². The highest BCUT2D eigenvalue weighted by molar-refractivity contribution is 5.57. The maximum Gasteiger partial charge on any atom is 0.123 e. The number of aromatic nitrogens is 2. The van der Waals surface area contributed by atoms with Gasteiger partial charge >= 0.3 is 0 Å². The first-order valence-corrected chi connectivity index (χ1v) is 10.5. The third kappa shape index (κ3) is 11.3. The van der Waals surface area contributed by atoms with Crippen LogP contribution in [-0.2, 0) is 18.9 Å². The third-order valence-corrected chi connectivity index (χ3v) is 3.93. The average Bonchev–Trinajstić information content (AvgIpc) is 2.83.